The maximum Gasteiger partial charge on any atom is 0.251 e. The molecule has 0 bridgehead atoms. The van der Waals surface area contributed by atoms with Crippen LogP contribution < -0.4 is 10.1 Å². The van der Waals surface area contributed by atoms with Crippen LogP contribution in [0.25, 0.3) is 0 Å². The summed E-state index contributed by atoms with van der Waals surface area (Å²) in [5.74, 6) is 0.0279. The monoisotopic (exact) mass is 488 g/mol. The molecule has 1 amide bonds. The largest absolute Gasteiger partial charge is 0.474 e. The Balaban J connectivity index is 1.23. The Morgan fingerprint density at radius 2 is 1.94 bits per heavy atom. The molecule has 0 saturated carbocycles. The summed E-state index contributed by atoms with van der Waals surface area (Å²) in [6, 6.07) is 11.5. The van der Waals surface area contributed by atoms with E-state index in [2.05, 4.69) is 33.4 Å². The number of hydrogen-bond acceptors (Lipinski definition) is 7. The fraction of sp³-hybridized carbons (Fsp3) is 0.500. The number of hydrogen-bond donors (Lipinski definition) is 2. The highest BCUT2D eigenvalue weighted by Gasteiger charge is 2.26. The Bertz CT molecular complexity index is 1100. The van der Waals surface area contributed by atoms with Gasteiger partial charge in [0.1, 0.15) is 6.10 Å². The van der Waals surface area contributed by atoms with E-state index in [0.29, 0.717) is 43.9 Å². The van der Waals surface area contributed by atoms with Crippen molar-refractivity contribution in [1.29, 1.82) is 0 Å². The fourth-order valence-electron chi connectivity index (χ4n) is 4.45. The van der Waals surface area contributed by atoms with E-state index >= 15 is 0 Å². The summed E-state index contributed by atoms with van der Waals surface area (Å²) in [5, 5.41) is 13.2. The molecule has 184 valence electrons. The lowest BCUT2D eigenvalue weighted by Gasteiger charge is -2.30. The van der Waals surface area contributed by atoms with Crippen LogP contribution in [0.1, 0.15) is 34.3 Å². The van der Waals surface area contributed by atoms with Crippen molar-refractivity contribution in [3.05, 3.63) is 59.3 Å². The number of sulfonamides is 1. The molecule has 0 unspecified atom stereocenters. The molecule has 0 spiro atoms. The standard InChI is InChI=1S/C24H32N4O5S/c1-34(31,32)28-12-8-22(9-13-28)33-23-14-19(6-10-25-23)24(30)26-15-21(29)17-27-11-7-18-4-2-3-5-20(18)16-27/h2-6,10,14,21-22,29H,7-9,11-13,15-17H2,1H3,(H,26,30)/t21-/m0/s1. The molecule has 2 aliphatic heterocycles. The van der Waals surface area contributed by atoms with E-state index in [-0.39, 0.29) is 18.6 Å². The number of rotatable bonds is 8. The van der Waals surface area contributed by atoms with Crippen LogP contribution in [0.4, 0.5) is 0 Å². The van der Waals surface area contributed by atoms with Gasteiger partial charge in [0.25, 0.3) is 5.91 Å². The zero-order valence-corrected chi connectivity index (χ0v) is 20.2. The van der Waals surface area contributed by atoms with E-state index in [1.54, 1.807) is 12.1 Å². The van der Waals surface area contributed by atoms with E-state index in [1.807, 2.05) is 6.07 Å². The molecule has 9 nitrogen and oxygen atoms in total. The number of piperidine rings is 1. The van der Waals surface area contributed by atoms with Crippen molar-refractivity contribution in [3.63, 3.8) is 0 Å². The average Bonchev–Trinajstić information content (AvgIpc) is 2.82. The van der Waals surface area contributed by atoms with Crippen LogP contribution in [0.5, 0.6) is 5.88 Å². The average molecular weight is 489 g/mol. The second kappa shape index (κ2) is 10.8. The number of ether oxygens (including phenoxy) is 1. The third-order valence-electron chi connectivity index (χ3n) is 6.33. The molecule has 1 aromatic heterocycles. The Labute approximate surface area is 200 Å². The molecule has 1 fully saturated rings. The molecule has 10 heteroatoms. The lowest BCUT2D eigenvalue weighted by atomic mass is 10.00. The van der Waals surface area contributed by atoms with Crippen molar-refractivity contribution in [1.82, 2.24) is 19.5 Å². The maximum atomic E-state index is 12.6. The number of nitrogens with one attached hydrogen (secondary N) is 1. The van der Waals surface area contributed by atoms with E-state index in [1.165, 1.54) is 27.9 Å². The van der Waals surface area contributed by atoms with Crippen molar-refractivity contribution < 1.29 is 23.1 Å². The molecular weight excluding hydrogens is 456 g/mol. The molecule has 1 saturated heterocycles. The number of carbonyl (C=O) groups excluding carboxylic acids is 1. The van der Waals surface area contributed by atoms with Gasteiger partial charge in [-0.05, 0) is 36.5 Å². The van der Waals surface area contributed by atoms with Gasteiger partial charge in [0.2, 0.25) is 15.9 Å². The zero-order valence-electron chi connectivity index (χ0n) is 19.4. The van der Waals surface area contributed by atoms with E-state index < -0.39 is 16.1 Å². The number of benzene rings is 1. The van der Waals surface area contributed by atoms with Crippen molar-refractivity contribution in [2.75, 3.05) is 39.0 Å². The number of fused-ring (bicyclic) bond motifs is 1. The third-order valence-corrected chi connectivity index (χ3v) is 7.63. The summed E-state index contributed by atoms with van der Waals surface area (Å²) in [4.78, 5) is 19.0. The van der Waals surface area contributed by atoms with Crippen molar-refractivity contribution in [3.8, 4) is 5.88 Å². The quantitative estimate of drug-likeness (QED) is 0.571. The van der Waals surface area contributed by atoms with Gasteiger partial charge < -0.3 is 15.2 Å². The summed E-state index contributed by atoms with van der Waals surface area (Å²) in [5.41, 5.74) is 3.05. The van der Waals surface area contributed by atoms with Crippen LogP contribution in [-0.4, -0.2) is 84.8 Å². The first kappa shape index (κ1) is 24.6. The van der Waals surface area contributed by atoms with Crippen LogP contribution in [0, 0.1) is 0 Å². The Hall–Kier alpha value is -2.53. The van der Waals surface area contributed by atoms with Gasteiger partial charge in [-0.2, -0.15) is 0 Å². The second-order valence-electron chi connectivity index (χ2n) is 8.98. The summed E-state index contributed by atoms with van der Waals surface area (Å²) in [7, 11) is -3.19. The van der Waals surface area contributed by atoms with Crippen molar-refractivity contribution >= 4 is 15.9 Å². The van der Waals surface area contributed by atoms with Gasteiger partial charge >= 0.3 is 0 Å². The van der Waals surface area contributed by atoms with E-state index in [4.69, 9.17) is 4.74 Å². The van der Waals surface area contributed by atoms with Gasteiger partial charge in [0.05, 0.1) is 12.4 Å². The molecule has 1 aromatic carbocycles. The first-order chi connectivity index (χ1) is 16.3. The number of aromatic nitrogens is 1. The Morgan fingerprint density at radius 3 is 2.68 bits per heavy atom. The topological polar surface area (TPSA) is 112 Å². The molecule has 0 aliphatic carbocycles. The minimum atomic E-state index is -3.19. The van der Waals surface area contributed by atoms with Crippen molar-refractivity contribution in [2.45, 2.75) is 38.0 Å². The molecule has 4 rings (SSSR count). The highest BCUT2D eigenvalue weighted by molar-refractivity contribution is 7.88. The number of pyridine rings is 1. The van der Waals surface area contributed by atoms with Crippen LogP contribution in [0.3, 0.4) is 0 Å². The molecule has 3 heterocycles. The van der Waals surface area contributed by atoms with Gasteiger partial charge in [0, 0.05) is 57.1 Å². The first-order valence-corrected chi connectivity index (χ1v) is 13.5. The lowest BCUT2D eigenvalue weighted by Crippen LogP contribution is -2.42. The van der Waals surface area contributed by atoms with Gasteiger partial charge in [0.15, 0.2) is 0 Å². The minimum absolute atomic E-state index is 0.152. The summed E-state index contributed by atoms with van der Waals surface area (Å²) in [6.45, 7) is 3.14. The Kier molecular flexibility index (Phi) is 7.82. The van der Waals surface area contributed by atoms with Crippen LogP contribution in [0.2, 0.25) is 0 Å². The zero-order chi connectivity index (χ0) is 24.1. The van der Waals surface area contributed by atoms with Gasteiger partial charge in [-0.3, -0.25) is 9.69 Å². The van der Waals surface area contributed by atoms with Crippen molar-refractivity contribution in [2.24, 2.45) is 0 Å². The van der Waals surface area contributed by atoms with Crippen LogP contribution >= 0.6 is 0 Å². The molecule has 2 aliphatic rings. The number of carbonyl (C=O) groups is 1. The number of amides is 1. The van der Waals surface area contributed by atoms with E-state index in [0.717, 1.165) is 19.5 Å². The number of aliphatic hydroxyl groups excluding tert-OH is 1. The first-order valence-electron chi connectivity index (χ1n) is 11.6. The second-order valence-corrected chi connectivity index (χ2v) is 11.0. The SMILES string of the molecule is CS(=O)(=O)N1CCC(Oc2cc(C(=O)NC[C@H](O)CN3CCc4ccccc4C3)ccn2)CC1. The highest BCUT2D eigenvalue weighted by atomic mass is 32.2. The minimum Gasteiger partial charge on any atom is -0.474 e. The van der Waals surface area contributed by atoms with Gasteiger partial charge in [-0.15, -0.1) is 0 Å². The predicted octanol–water partition coefficient (Wildman–Crippen LogP) is 1.03. The highest BCUT2D eigenvalue weighted by Crippen LogP contribution is 2.20. The summed E-state index contributed by atoms with van der Waals surface area (Å²) in [6.07, 6.45) is 3.99. The normalized spacial score (nSPS) is 18.8. The van der Waals surface area contributed by atoms with Crippen LogP contribution in [-0.2, 0) is 23.0 Å². The molecular formula is C24H32N4O5S. The van der Waals surface area contributed by atoms with Gasteiger partial charge in [-0.25, -0.2) is 17.7 Å². The Morgan fingerprint density at radius 1 is 1.21 bits per heavy atom. The number of aliphatic hydroxyl groups is 1. The molecule has 34 heavy (non-hydrogen) atoms. The predicted molar refractivity (Wildman–Crippen MR) is 128 cm³/mol. The lowest BCUT2D eigenvalue weighted by molar-refractivity contribution is 0.0840. The van der Waals surface area contributed by atoms with E-state index in [9.17, 15) is 18.3 Å². The maximum absolute atomic E-state index is 12.6. The number of nitrogens with zero attached hydrogens (tertiary/aromatic N) is 3. The fourth-order valence-corrected chi connectivity index (χ4v) is 5.33. The van der Waals surface area contributed by atoms with Crippen LogP contribution in [0.15, 0.2) is 42.6 Å². The summed E-state index contributed by atoms with van der Waals surface area (Å²) >= 11 is 0. The summed E-state index contributed by atoms with van der Waals surface area (Å²) < 4.78 is 30.6. The molecule has 1 atom stereocenters. The third kappa shape index (κ3) is 6.53. The van der Waals surface area contributed by atoms with Gasteiger partial charge in [-0.1, -0.05) is 24.3 Å². The molecule has 0 radical (unpaired) electrons. The number of β-amino-alcohol motifs (C(OH)–C–C–N with tert-alkyl or cyclic N) is 1. The smallest absolute Gasteiger partial charge is 0.251 e. The molecule has 2 aromatic rings. The molecule has 2 N–H and O–H groups in total.